The Morgan fingerprint density at radius 1 is 1.19 bits per heavy atom. The fourth-order valence-corrected chi connectivity index (χ4v) is 4.10. The standard InChI is InChI=1S/C17H21N5O3S/c1-10-7-11(2)19-17(18-10)20-21-26(24,25)15-5-6-16-14(9-15)8-12(3)22(16)13(4)23/h5-7,9,12,21H,8H2,1-4H3,(H,18,19,20)/t12-/m0/s1. The zero-order valence-corrected chi connectivity index (χ0v) is 15.9. The SMILES string of the molecule is CC(=O)N1c2ccc(S(=O)(=O)NNc3nc(C)cc(C)n3)cc2C[C@@H]1C. The number of fused-ring (bicyclic) bond motifs is 1. The minimum atomic E-state index is -3.81. The average molecular weight is 375 g/mol. The lowest BCUT2D eigenvalue weighted by Crippen LogP contribution is -2.33. The van der Waals surface area contributed by atoms with Crippen molar-refractivity contribution >= 4 is 27.6 Å². The first-order chi connectivity index (χ1) is 12.2. The second kappa shape index (κ2) is 6.65. The summed E-state index contributed by atoms with van der Waals surface area (Å²) in [6, 6.07) is 6.56. The smallest absolute Gasteiger partial charge is 0.257 e. The molecule has 138 valence electrons. The van der Waals surface area contributed by atoms with Crippen LogP contribution in [0.5, 0.6) is 0 Å². The molecule has 0 spiro atoms. The maximum atomic E-state index is 12.6. The van der Waals surface area contributed by atoms with Crippen LogP contribution < -0.4 is 15.2 Å². The second-order valence-electron chi connectivity index (χ2n) is 6.44. The van der Waals surface area contributed by atoms with Gasteiger partial charge in [-0.05, 0) is 57.0 Å². The first kappa shape index (κ1) is 18.3. The average Bonchev–Trinajstić information content (AvgIpc) is 2.87. The molecule has 3 rings (SSSR count). The zero-order valence-electron chi connectivity index (χ0n) is 15.1. The van der Waals surface area contributed by atoms with Crippen molar-refractivity contribution in [2.24, 2.45) is 0 Å². The van der Waals surface area contributed by atoms with Crippen LogP contribution in [0.15, 0.2) is 29.2 Å². The van der Waals surface area contributed by atoms with E-state index in [-0.39, 0.29) is 22.8 Å². The van der Waals surface area contributed by atoms with Gasteiger partial charge in [-0.15, -0.1) is 4.83 Å². The molecule has 2 heterocycles. The molecule has 1 atom stereocenters. The van der Waals surface area contributed by atoms with Crippen LogP contribution in [-0.4, -0.2) is 30.3 Å². The summed E-state index contributed by atoms with van der Waals surface area (Å²) in [4.78, 5) is 24.2. The molecule has 2 N–H and O–H groups in total. The number of carbonyl (C=O) groups is 1. The lowest BCUT2D eigenvalue weighted by Gasteiger charge is -2.20. The normalized spacial score (nSPS) is 16.5. The van der Waals surface area contributed by atoms with Gasteiger partial charge in [0.25, 0.3) is 10.0 Å². The van der Waals surface area contributed by atoms with Crippen molar-refractivity contribution in [2.75, 3.05) is 10.3 Å². The van der Waals surface area contributed by atoms with E-state index >= 15 is 0 Å². The van der Waals surface area contributed by atoms with Gasteiger partial charge in [-0.2, -0.15) is 0 Å². The van der Waals surface area contributed by atoms with Crippen LogP contribution in [0.3, 0.4) is 0 Å². The van der Waals surface area contributed by atoms with Crippen LogP contribution in [0.4, 0.5) is 11.6 Å². The Balaban J connectivity index is 1.82. The van der Waals surface area contributed by atoms with E-state index in [4.69, 9.17) is 0 Å². The molecule has 0 aliphatic carbocycles. The highest BCUT2D eigenvalue weighted by molar-refractivity contribution is 7.89. The van der Waals surface area contributed by atoms with Crippen molar-refractivity contribution in [3.8, 4) is 0 Å². The Kier molecular flexibility index (Phi) is 4.68. The van der Waals surface area contributed by atoms with Crippen LogP contribution in [0.25, 0.3) is 0 Å². The van der Waals surface area contributed by atoms with Crippen molar-refractivity contribution in [1.29, 1.82) is 0 Å². The van der Waals surface area contributed by atoms with Gasteiger partial charge in [0, 0.05) is 30.0 Å². The molecule has 1 aromatic heterocycles. The van der Waals surface area contributed by atoms with Crippen LogP contribution in [0.2, 0.25) is 0 Å². The van der Waals surface area contributed by atoms with Crippen LogP contribution >= 0.6 is 0 Å². The quantitative estimate of drug-likeness (QED) is 0.788. The monoisotopic (exact) mass is 375 g/mol. The first-order valence-corrected chi connectivity index (χ1v) is 9.68. The summed E-state index contributed by atoms with van der Waals surface area (Å²) in [5, 5.41) is 0. The van der Waals surface area contributed by atoms with Crippen molar-refractivity contribution in [3.63, 3.8) is 0 Å². The number of nitrogens with zero attached hydrogens (tertiary/aromatic N) is 3. The molecule has 1 aliphatic rings. The van der Waals surface area contributed by atoms with Gasteiger partial charge in [0.2, 0.25) is 11.9 Å². The van der Waals surface area contributed by atoms with E-state index in [0.717, 1.165) is 22.6 Å². The van der Waals surface area contributed by atoms with E-state index in [1.54, 1.807) is 36.9 Å². The number of anilines is 2. The van der Waals surface area contributed by atoms with Gasteiger partial charge < -0.3 is 4.90 Å². The van der Waals surface area contributed by atoms with Gasteiger partial charge in [0.05, 0.1) is 4.90 Å². The molecule has 0 radical (unpaired) electrons. The number of nitrogens with one attached hydrogen (secondary N) is 2. The number of hydrogen-bond acceptors (Lipinski definition) is 6. The fourth-order valence-electron chi connectivity index (χ4n) is 3.21. The van der Waals surface area contributed by atoms with Crippen LogP contribution in [0, 0.1) is 13.8 Å². The number of carbonyl (C=O) groups excluding carboxylic acids is 1. The maximum Gasteiger partial charge on any atom is 0.257 e. The number of aryl methyl sites for hydroxylation is 2. The summed E-state index contributed by atoms with van der Waals surface area (Å²) in [6.07, 6.45) is 0.617. The van der Waals surface area contributed by atoms with E-state index in [1.165, 1.54) is 13.0 Å². The van der Waals surface area contributed by atoms with E-state index < -0.39 is 10.0 Å². The second-order valence-corrected chi connectivity index (χ2v) is 8.12. The molecular formula is C17H21N5O3S. The van der Waals surface area contributed by atoms with E-state index in [0.29, 0.717) is 6.42 Å². The summed E-state index contributed by atoms with van der Waals surface area (Å²) in [6.45, 7) is 7.05. The molecular weight excluding hydrogens is 354 g/mol. The molecule has 0 bridgehead atoms. The number of hydrogen-bond donors (Lipinski definition) is 2. The minimum absolute atomic E-state index is 0.00945. The van der Waals surface area contributed by atoms with E-state index in [1.807, 2.05) is 6.92 Å². The van der Waals surface area contributed by atoms with Crippen LogP contribution in [-0.2, 0) is 21.2 Å². The summed E-state index contributed by atoms with van der Waals surface area (Å²) in [7, 11) is -3.81. The fraction of sp³-hybridized carbons (Fsp3) is 0.353. The van der Waals surface area contributed by atoms with E-state index in [2.05, 4.69) is 20.2 Å². The summed E-state index contributed by atoms with van der Waals surface area (Å²) >= 11 is 0. The van der Waals surface area contributed by atoms with Gasteiger partial charge in [0.1, 0.15) is 0 Å². The third-order valence-electron chi connectivity index (χ3n) is 4.20. The largest absolute Gasteiger partial charge is 0.309 e. The Bertz CT molecular complexity index is 954. The highest BCUT2D eigenvalue weighted by Gasteiger charge is 2.30. The van der Waals surface area contributed by atoms with Gasteiger partial charge in [-0.3, -0.25) is 10.2 Å². The van der Waals surface area contributed by atoms with Gasteiger partial charge >= 0.3 is 0 Å². The summed E-state index contributed by atoms with van der Waals surface area (Å²) in [5.41, 5.74) is 5.60. The predicted molar refractivity (Wildman–Crippen MR) is 98.2 cm³/mol. The third kappa shape index (κ3) is 3.54. The maximum absolute atomic E-state index is 12.6. The van der Waals surface area contributed by atoms with Gasteiger partial charge in [-0.25, -0.2) is 18.4 Å². The number of aromatic nitrogens is 2. The molecule has 0 fully saturated rings. The predicted octanol–water partition coefficient (Wildman–Crippen LogP) is 1.70. The highest BCUT2D eigenvalue weighted by atomic mass is 32.2. The number of sulfonamides is 1. The minimum Gasteiger partial charge on any atom is -0.309 e. The lowest BCUT2D eigenvalue weighted by molar-refractivity contribution is -0.116. The molecule has 1 aliphatic heterocycles. The lowest BCUT2D eigenvalue weighted by atomic mass is 10.1. The number of amides is 1. The zero-order chi connectivity index (χ0) is 19.1. The molecule has 26 heavy (non-hydrogen) atoms. The molecule has 8 nitrogen and oxygen atoms in total. The summed E-state index contributed by atoms with van der Waals surface area (Å²) < 4.78 is 25.1. The molecule has 0 unspecified atom stereocenters. The van der Waals surface area contributed by atoms with E-state index in [9.17, 15) is 13.2 Å². The summed E-state index contributed by atoms with van der Waals surface area (Å²) in [5.74, 6) is 0.127. The number of rotatable bonds is 4. The number of hydrazine groups is 1. The molecule has 1 aromatic carbocycles. The van der Waals surface area contributed by atoms with Gasteiger partial charge in [-0.1, -0.05) is 0 Å². The Labute approximate surface area is 152 Å². The van der Waals surface area contributed by atoms with Crippen molar-refractivity contribution < 1.29 is 13.2 Å². The van der Waals surface area contributed by atoms with Gasteiger partial charge in [0.15, 0.2) is 0 Å². The van der Waals surface area contributed by atoms with Crippen molar-refractivity contribution in [1.82, 2.24) is 14.8 Å². The van der Waals surface area contributed by atoms with Crippen molar-refractivity contribution in [3.05, 3.63) is 41.2 Å². The Morgan fingerprint density at radius 2 is 1.85 bits per heavy atom. The Morgan fingerprint density at radius 3 is 2.46 bits per heavy atom. The number of benzene rings is 1. The Hall–Kier alpha value is -2.52. The third-order valence-corrected chi connectivity index (χ3v) is 5.44. The highest BCUT2D eigenvalue weighted by Crippen LogP contribution is 2.33. The topological polar surface area (TPSA) is 104 Å². The first-order valence-electron chi connectivity index (χ1n) is 8.20. The van der Waals surface area contributed by atoms with Crippen molar-refractivity contribution in [2.45, 2.75) is 45.1 Å². The molecule has 2 aromatic rings. The molecule has 0 saturated carbocycles. The molecule has 0 saturated heterocycles. The van der Waals surface area contributed by atoms with Crippen LogP contribution in [0.1, 0.15) is 30.8 Å². The molecule has 9 heteroatoms. The molecule has 1 amide bonds.